The molecule has 0 aliphatic carbocycles. The molecule has 1 aliphatic heterocycles. The number of nitrogens with zero attached hydrogens (tertiary/aromatic N) is 3. The van der Waals surface area contributed by atoms with Crippen molar-refractivity contribution in [1.29, 1.82) is 0 Å². The Morgan fingerprint density at radius 3 is 2.48 bits per heavy atom. The van der Waals surface area contributed by atoms with E-state index in [0.29, 0.717) is 12.1 Å². The topological polar surface area (TPSA) is 75.4 Å². The van der Waals surface area contributed by atoms with E-state index in [1.54, 1.807) is 22.8 Å². The Hall–Kier alpha value is -2.63. The monoisotopic (exact) mass is 341 g/mol. The molecule has 6 heteroatoms. The second-order valence-electron chi connectivity index (χ2n) is 6.93. The van der Waals surface area contributed by atoms with Crippen molar-refractivity contribution in [2.45, 2.75) is 25.7 Å². The molecule has 1 fully saturated rings. The van der Waals surface area contributed by atoms with Crippen molar-refractivity contribution in [3.05, 3.63) is 53.3 Å². The third kappa shape index (κ3) is 3.29. The molecule has 6 nitrogen and oxygen atoms in total. The standard InChI is InChI=1S/C19H23N3O3/c1-12(2)17-16(9-21(3)20-17)18(23)22-10-14(15(11-22)19(24)25)13-7-5-4-6-8-13/h4-9,12,14-15H,10-11H2,1-3H3,(H,24,25)/t14-,15-/m0/s1. The van der Waals surface area contributed by atoms with Crippen molar-refractivity contribution in [2.75, 3.05) is 13.1 Å². The molecule has 2 heterocycles. The Morgan fingerprint density at radius 1 is 1.20 bits per heavy atom. The van der Waals surface area contributed by atoms with Gasteiger partial charge in [0.15, 0.2) is 0 Å². The Bertz CT molecular complexity index is 782. The highest BCUT2D eigenvalue weighted by atomic mass is 16.4. The number of hydrogen-bond donors (Lipinski definition) is 1. The summed E-state index contributed by atoms with van der Waals surface area (Å²) in [7, 11) is 1.79. The quantitative estimate of drug-likeness (QED) is 0.927. The van der Waals surface area contributed by atoms with E-state index in [1.807, 2.05) is 44.2 Å². The maximum Gasteiger partial charge on any atom is 0.308 e. The fourth-order valence-corrected chi connectivity index (χ4v) is 3.53. The fourth-order valence-electron chi connectivity index (χ4n) is 3.53. The molecule has 2 aromatic rings. The van der Waals surface area contributed by atoms with Gasteiger partial charge in [0.1, 0.15) is 0 Å². The molecule has 1 aromatic carbocycles. The number of aromatic nitrogens is 2. The minimum atomic E-state index is -0.862. The molecule has 3 rings (SSSR count). The van der Waals surface area contributed by atoms with Gasteiger partial charge in [-0.25, -0.2) is 0 Å². The van der Waals surface area contributed by atoms with Gasteiger partial charge in [-0.15, -0.1) is 0 Å². The van der Waals surface area contributed by atoms with E-state index in [2.05, 4.69) is 5.10 Å². The summed E-state index contributed by atoms with van der Waals surface area (Å²) in [6.45, 7) is 4.62. The molecule has 0 unspecified atom stereocenters. The van der Waals surface area contributed by atoms with E-state index >= 15 is 0 Å². The Morgan fingerprint density at radius 2 is 1.88 bits per heavy atom. The number of benzene rings is 1. The van der Waals surface area contributed by atoms with E-state index in [1.165, 1.54) is 0 Å². The van der Waals surface area contributed by atoms with E-state index in [4.69, 9.17) is 0 Å². The highest BCUT2D eigenvalue weighted by molar-refractivity contribution is 5.96. The van der Waals surface area contributed by atoms with Crippen LogP contribution in [0.2, 0.25) is 0 Å². The van der Waals surface area contributed by atoms with Crippen LogP contribution in [0.3, 0.4) is 0 Å². The molecule has 0 bridgehead atoms. The average Bonchev–Trinajstić information content (AvgIpc) is 3.19. The van der Waals surface area contributed by atoms with Gasteiger partial charge in [-0.2, -0.15) is 5.10 Å². The third-order valence-corrected chi connectivity index (χ3v) is 4.79. The van der Waals surface area contributed by atoms with Crippen LogP contribution in [0, 0.1) is 5.92 Å². The number of aryl methyl sites for hydroxylation is 1. The van der Waals surface area contributed by atoms with Crippen LogP contribution in [0.15, 0.2) is 36.5 Å². The van der Waals surface area contributed by atoms with Gasteiger partial charge in [0.2, 0.25) is 0 Å². The number of hydrogen-bond acceptors (Lipinski definition) is 3. The third-order valence-electron chi connectivity index (χ3n) is 4.79. The highest BCUT2D eigenvalue weighted by Gasteiger charge is 2.41. The van der Waals surface area contributed by atoms with Gasteiger partial charge in [-0.3, -0.25) is 14.3 Å². The van der Waals surface area contributed by atoms with Gasteiger partial charge in [0.25, 0.3) is 5.91 Å². The number of carbonyl (C=O) groups is 2. The first-order valence-corrected chi connectivity index (χ1v) is 8.49. The van der Waals surface area contributed by atoms with Crippen LogP contribution in [0.25, 0.3) is 0 Å². The largest absolute Gasteiger partial charge is 0.481 e. The van der Waals surface area contributed by atoms with Crippen LogP contribution in [0.5, 0.6) is 0 Å². The summed E-state index contributed by atoms with van der Waals surface area (Å²) < 4.78 is 1.64. The molecule has 1 amide bonds. The molecule has 1 aromatic heterocycles. The lowest BCUT2D eigenvalue weighted by Gasteiger charge is -2.17. The smallest absolute Gasteiger partial charge is 0.308 e. The zero-order chi connectivity index (χ0) is 18.1. The number of aliphatic carboxylic acids is 1. The molecule has 0 saturated carbocycles. The first-order chi connectivity index (χ1) is 11.9. The Balaban J connectivity index is 1.89. The van der Waals surface area contributed by atoms with Crippen molar-refractivity contribution < 1.29 is 14.7 Å². The zero-order valence-electron chi connectivity index (χ0n) is 14.7. The molecule has 25 heavy (non-hydrogen) atoms. The number of amides is 1. The van der Waals surface area contributed by atoms with Crippen LogP contribution in [-0.2, 0) is 11.8 Å². The highest BCUT2D eigenvalue weighted by Crippen LogP contribution is 2.34. The van der Waals surface area contributed by atoms with Crippen LogP contribution >= 0.6 is 0 Å². The number of carbonyl (C=O) groups excluding carboxylic acids is 1. The number of likely N-dealkylation sites (tertiary alicyclic amines) is 1. The van der Waals surface area contributed by atoms with Crippen molar-refractivity contribution in [3.8, 4) is 0 Å². The summed E-state index contributed by atoms with van der Waals surface area (Å²) in [5, 5.41) is 14.0. The van der Waals surface area contributed by atoms with Crippen molar-refractivity contribution >= 4 is 11.9 Å². The molecule has 1 saturated heterocycles. The van der Waals surface area contributed by atoms with E-state index in [0.717, 1.165) is 11.3 Å². The second kappa shape index (κ2) is 6.70. The number of rotatable bonds is 4. The molecular weight excluding hydrogens is 318 g/mol. The lowest BCUT2D eigenvalue weighted by molar-refractivity contribution is -0.141. The summed E-state index contributed by atoms with van der Waals surface area (Å²) >= 11 is 0. The normalized spacial score (nSPS) is 20.2. The van der Waals surface area contributed by atoms with Crippen molar-refractivity contribution in [3.63, 3.8) is 0 Å². The summed E-state index contributed by atoms with van der Waals surface area (Å²) in [5.41, 5.74) is 2.28. The molecule has 0 spiro atoms. The first-order valence-electron chi connectivity index (χ1n) is 8.49. The van der Waals surface area contributed by atoms with Crippen molar-refractivity contribution in [1.82, 2.24) is 14.7 Å². The van der Waals surface area contributed by atoms with E-state index in [9.17, 15) is 14.7 Å². The van der Waals surface area contributed by atoms with Gasteiger partial charge in [0.05, 0.1) is 17.2 Å². The van der Waals surface area contributed by atoms with Gasteiger partial charge in [-0.1, -0.05) is 44.2 Å². The van der Waals surface area contributed by atoms with Crippen LogP contribution in [-0.4, -0.2) is 44.8 Å². The maximum absolute atomic E-state index is 13.0. The summed E-state index contributed by atoms with van der Waals surface area (Å²) in [5.74, 6) is -1.66. The van der Waals surface area contributed by atoms with Gasteiger partial charge >= 0.3 is 5.97 Å². The summed E-state index contributed by atoms with van der Waals surface area (Å²) in [6, 6.07) is 9.56. The Kier molecular flexibility index (Phi) is 4.61. The predicted molar refractivity (Wildman–Crippen MR) is 93.5 cm³/mol. The Labute approximate surface area is 147 Å². The van der Waals surface area contributed by atoms with Crippen LogP contribution in [0.4, 0.5) is 0 Å². The van der Waals surface area contributed by atoms with Gasteiger partial charge < -0.3 is 10.0 Å². The number of carboxylic acid groups (broad SMARTS) is 1. The van der Waals surface area contributed by atoms with Gasteiger partial charge in [-0.05, 0) is 11.5 Å². The lowest BCUT2D eigenvalue weighted by atomic mass is 9.89. The lowest BCUT2D eigenvalue weighted by Crippen LogP contribution is -2.30. The molecule has 132 valence electrons. The van der Waals surface area contributed by atoms with E-state index < -0.39 is 11.9 Å². The number of carboxylic acids is 1. The minimum absolute atomic E-state index is 0.128. The molecule has 1 aliphatic rings. The van der Waals surface area contributed by atoms with Crippen LogP contribution < -0.4 is 0 Å². The second-order valence-corrected chi connectivity index (χ2v) is 6.93. The zero-order valence-corrected chi connectivity index (χ0v) is 14.7. The SMILES string of the molecule is CC(C)c1nn(C)cc1C(=O)N1C[C@H](C(=O)O)[C@H](c2ccccc2)C1. The average molecular weight is 341 g/mol. The minimum Gasteiger partial charge on any atom is -0.481 e. The molecule has 2 atom stereocenters. The first kappa shape index (κ1) is 17.2. The molecule has 0 radical (unpaired) electrons. The summed E-state index contributed by atoms with van der Waals surface area (Å²) in [6.07, 6.45) is 1.73. The predicted octanol–water partition coefficient (Wildman–Crippen LogP) is 2.48. The van der Waals surface area contributed by atoms with Gasteiger partial charge in [0, 0.05) is 32.3 Å². The molecular formula is C19H23N3O3. The van der Waals surface area contributed by atoms with Crippen LogP contribution in [0.1, 0.15) is 47.3 Å². The fraction of sp³-hybridized carbons (Fsp3) is 0.421. The molecule has 1 N–H and O–H groups in total. The summed E-state index contributed by atoms with van der Waals surface area (Å²) in [4.78, 5) is 26.4. The van der Waals surface area contributed by atoms with Crippen molar-refractivity contribution in [2.24, 2.45) is 13.0 Å². The maximum atomic E-state index is 13.0. The van der Waals surface area contributed by atoms with E-state index in [-0.39, 0.29) is 24.3 Å².